The van der Waals surface area contributed by atoms with E-state index in [0.717, 1.165) is 28.2 Å². The fourth-order valence-corrected chi connectivity index (χ4v) is 4.66. The van der Waals surface area contributed by atoms with E-state index in [1.807, 2.05) is 10.7 Å². The minimum atomic E-state index is 0.522. The summed E-state index contributed by atoms with van der Waals surface area (Å²) >= 11 is 0. The molecule has 0 radical (unpaired) electrons. The second-order valence-corrected chi connectivity index (χ2v) is 7.85. The van der Waals surface area contributed by atoms with Crippen LogP contribution in [0.3, 0.4) is 0 Å². The van der Waals surface area contributed by atoms with Gasteiger partial charge < -0.3 is 4.98 Å². The van der Waals surface area contributed by atoms with Gasteiger partial charge in [0, 0.05) is 17.5 Å². The van der Waals surface area contributed by atoms with Crippen LogP contribution in [0.2, 0.25) is 0 Å². The number of H-pyrrole nitrogens is 1. The minimum Gasteiger partial charge on any atom is -0.346 e. The highest BCUT2D eigenvalue weighted by Gasteiger charge is 2.26. The molecule has 0 saturated heterocycles. The van der Waals surface area contributed by atoms with Crippen LogP contribution in [0.5, 0.6) is 0 Å². The predicted molar refractivity (Wildman–Crippen MR) is 107 cm³/mol. The van der Waals surface area contributed by atoms with Gasteiger partial charge in [0.15, 0.2) is 0 Å². The van der Waals surface area contributed by atoms with Crippen molar-refractivity contribution in [2.24, 2.45) is 5.92 Å². The Kier molecular flexibility index (Phi) is 4.36. The number of rotatable bonds is 5. The van der Waals surface area contributed by atoms with Crippen LogP contribution in [0.15, 0.2) is 48.9 Å². The Morgan fingerprint density at radius 1 is 1.04 bits per heavy atom. The largest absolute Gasteiger partial charge is 0.346 e. The van der Waals surface area contributed by atoms with Crippen LogP contribution in [0.4, 0.5) is 0 Å². The molecule has 5 rings (SSSR count). The van der Waals surface area contributed by atoms with E-state index in [4.69, 9.17) is 0 Å². The number of hydrogen-bond donors (Lipinski definition) is 1. The quantitative estimate of drug-likeness (QED) is 0.551. The lowest BCUT2D eigenvalue weighted by atomic mass is 9.78. The molecule has 0 spiro atoms. The van der Waals surface area contributed by atoms with E-state index in [1.54, 1.807) is 6.33 Å². The average molecular weight is 359 g/mol. The van der Waals surface area contributed by atoms with E-state index < -0.39 is 0 Å². The van der Waals surface area contributed by atoms with Gasteiger partial charge in [-0.15, -0.1) is 5.10 Å². The van der Waals surface area contributed by atoms with Gasteiger partial charge in [-0.25, -0.2) is 9.50 Å². The van der Waals surface area contributed by atoms with Crippen LogP contribution in [0, 0.1) is 5.92 Å². The molecule has 4 aromatic rings. The molecule has 1 aliphatic carbocycles. The van der Waals surface area contributed by atoms with E-state index in [2.05, 4.69) is 56.7 Å². The first-order valence-electron chi connectivity index (χ1n) is 10.1. The fourth-order valence-electron chi connectivity index (χ4n) is 4.66. The van der Waals surface area contributed by atoms with Crippen LogP contribution in [0.1, 0.15) is 55.7 Å². The Balaban J connectivity index is 1.23. The van der Waals surface area contributed by atoms with Crippen molar-refractivity contribution in [1.29, 1.82) is 0 Å². The lowest BCUT2D eigenvalue weighted by Crippen LogP contribution is -2.14. The van der Waals surface area contributed by atoms with Gasteiger partial charge in [0.2, 0.25) is 0 Å². The number of hydrogen-bond acceptors (Lipinski definition) is 3. The third kappa shape index (κ3) is 3.22. The van der Waals surface area contributed by atoms with Crippen LogP contribution < -0.4 is 0 Å². The summed E-state index contributed by atoms with van der Waals surface area (Å²) < 4.78 is 1.83. The molecule has 0 atom stereocenters. The first-order chi connectivity index (χ1) is 13.4. The molecule has 1 N–H and O–H groups in total. The van der Waals surface area contributed by atoms with Crippen molar-refractivity contribution in [3.8, 4) is 0 Å². The number of aromatic nitrogens is 5. The van der Waals surface area contributed by atoms with Gasteiger partial charge in [-0.05, 0) is 56.1 Å². The second kappa shape index (κ2) is 7.14. The molecule has 1 aromatic carbocycles. The topological polar surface area (TPSA) is 58.9 Å². The summed E-state index contributed by atoms with van der Waals surface area (Å²) in [5.74, 6) is 1.38. The maximum absolute atomic E-state index is 4.53. The predicted octanol–water partition coefficient (Wildman–Crippen LogP) is 4.90. The van der Waals surface area contributed by atoms with Crippen LogP contribution in [-0.2, 0) is 6.42 Å². The van der Waals surface area contributed by atoms with Crippen LogP contribution >= 0.6 is 0 Å². The monoisotopic (exact) mass is 359 g/mol. The number of aromatic amines is 1. The molecule has 1 aliphatic rings. The summed E-state index contributed by atoms with van der Waals surface area (Å²) in [5.41, 5.74) is 4.67. The molecule has 0 amide bonds. The summed E-state index contributed by atoms with van der Waals surface area (Å²) in [5, 5.41) is 9.98. The first-order valence-corrected chi connectivity index (χ1v) is 10.1. The van der Waals surface area contributed by atoms with Gasteiger partial charge in [0.25, 0.3) is 0 Å². The number of nitrogens with zero attached hydrogens (tertiary/aromatic N) is 4. The maximum atomic E-state index is 4.53. The molecular weight excluding hydrogens is 334 g/mol. The standard InChI is InChI=1S/C22H25N5/c1-2-5-16(6-3-1)7-4-8-17-9-11-18(12-10-17)20-21-19-13-14-23-22(19)24-15-27(21)26-25-20/h1-3,5-6,13-15,17-18,23H,4,7-12H2. The maximum Gasteiger partial charge on any atom is 0.141 e. The van der Waals surface area contributed by atoms with Crippen molar-refractivity contribution in [2.75, 3.05) is 0 Å². The lowest BCUT2D eigenvalue weighted by Gasteiger charge is -2.27. The first kappa shape index (κ1) is 16.5. The molecule has 5 nitrogen and oxygen atoms in total. The van der Waals surface area contributed by atoms with Crippen molar-refractivity contribution in [3.05, 3.63) is 60.2 Å². The SMILES string of the molecule is c1ccc(CCCC2CCC(c3nnn4cnc5[nH]ccc5c34)CC2)cc1. The normalized spacial score (nSPS) is 20.4. The number of benzene rings is 1. The molecular formula is C22H25N5. The second-order valence-electron chi connectivity index (χ2n) is 7.85. The molecule has 27 heavy (non-hydrogen) atoms. The van der Waals surface area contributed by atoms with Gasteiger partial charge in [-0.3, -0.25) is 0 Å². The highest BCUT2D eigenvalue weighted by atomic mass is 15.4. The zero-order chi connectivity index (χ0) is 18.1. The third-order valence-electron chi connectivity index (χ3n) is 6.15. The Morgan fingerprint density at radius 2 is 1.89 bits per heavy atom. The van der Waals surface area contributed by atoms with Crippen LogP contribution in [-0.4, -0.2) is 24.8 Å². The molecule has 3 heterocycles. The number of aryl methyl sites for hydroxylation is 1. The Morgan fingerprint density at radius 3 is 2.74 bits per heavy atom. The fraction of sp³-hybridized carbons (Fsp3) is 0.409. The highest BCUT2D eigenvalue weighted by molar-refractivity contribution is 5.92. The molecule has 0 aliphatic heterocycles. The van der Waals surface area contributed by atoms with Gasteiger partial charge >= 0.3 is 0 Å². The Labute approximate surface area is 158 Å². The van der Waals surface area contributed by atoms with Crippen molar-refractivity contribution < 1.29 is 0 Å². The molecule has 0 bridgehead atoms. The lowest BCUT2D eigenvalue weighted by molar-refractivity contribution is 0.303. The van der Waals surface area contributed by atoms with E-state index in [1.165, 1.54) is 50.5 Å². The average Bonchev–Trinajstić information content (AvgIpc) is 3.36. The van der Waals surface area contributed by atoms with E-state index in [9.17, 15) is 0 Å². The van der Waals surface area contributed by atoms with Gasteiger partial charge in [-0.1, -0.05) is 42.0 Å². The van der Waals surface area contributed by atoms with Crippen molar-refractivity contribution in [2.45, 2.75) is 50.9 Å². The van der Waals surface area contributed by atoms with Crippen molar-refractivity contribution >= 4 is 16.6 Å². The molecule has 0 unspecified atom stereocenters. The summed E-state index contributed by atoms with van der Waals surface area (Å²) in [6.45, 7) is 0. The smallest absolute Gasteiger partial charge is 0.141 e. The van der Waals surface area contributed by atoms with Crippen molar-refractivity contribution in [1.82, 2.24) is 24.8 Å². The zero-order valence-electron chi connectivity index (χ0n) is 15.5. The third-order valence-corrected chi connectivity index (χ3v) is 6.15. The number of nitrogens with one attached hydrogen (secondary N) is 1. The molecule has 1 fully saturated rings. The molecule has 1 saturated carbocycles. The molecule has 5 heteroatoms. The summed E-state index contributed by atoms with van der Waals surface area (Å²) in [4.78, 5) is 7.60. The minimum absolute atomic E-state index is 0.522. The molecule has 138 valence electrons. The van der Waals surface area contributed by atoms with Gasteiger partial charge in [0.1, 0.15) is 17.5 Å². The van der Waals surface area contributed by atoms with Gasteiger partial charge in [-0.2, -0.15) is 0 Å². The Hall–Kier alpha value is -2.69. The summed E-state index contributed by atoms with van der Waals surface area (Å²) in [6, 6.07) is 12.9. The van der Waals surface area contributed by atoms with E-state index in [0.29, 0.717) is 5.92 Å². The van der Waals surface area contributed by atoms with Crippen molar-refractivity contribution in [3.63, 3.8) is 0 Å². The van der Waals surface area contributed by atoms with E-state index >= 15 is 0 Å². The molecule has 3 aromatic heterocycles. The van der Waals surface area contributed by atoms with Crippen LogP contribution in [0.25, 0.3) is 16.6 Å². The van der Waals surface area contributed by atoms with E-state index in [-0.39, 0.29) is 0 Å². The highest BCUT2D eigenvalue weighted by Crippen LogP contribution is 2.39. The summed E-state index contributed by atoms with van der Waals surface area (Å²) in [6.07, 6.45) is 12.6. The zero-order valence-corrected chi connectivity index (χ0v) is 15.5. The Bertz CT molecular complexity index is 1020. The summed E-state index contributed by atoms with van der Waals surface area (Å²) in [7, 11) is 0. The number of fused-ring (bicyclic) bond motifs is 3. The van der Waals surface area contributed by atoms with Gasteiger partial charge in [0.05, 0.1) is 5.69 Å².